The molecule has 0 fully saturated rings. The third-order valence-corrected chi connectivity index (χ3v) is 4.27. The lowest BCUT2D eigenvalue weighted by molar-refractivity contribution is 0.530. The SMILES string of the molecule is CCCNC(Cc1ccc(C)cc1Cl)c1ccsc1. The molecule has 0 spiro atoms. The lowest BCUT2D eigenvalue weighted by Gasteiger charge is -2.18. The van der Waals surface area contributed by atoms with E-state index in [0.29, 0.717) is 6.04 Å². The van der Waals surface area contributed by atoms with Crippen molar-refractivity contribution in [2.75, 3.05) is 6.54 Å². The van der Waals surface area contributed by atoms with E-state index in [4.69, 9.17) is 11.6 Å². The van der Waals surface area contributed by atoms with E-state index in [1.807, 2.05) is 6.07 Å². The van der Waals surface area contributed by atoms with Crippen molar-refractivity contribution in [3.05, 3.63) is 56.7 Å². The fourth-order valence-electron chi connectivity index (χ4n) is 2.14. The summed E-state index contributed by atoms with van der Waals surface area (Å²) in [6, 6.07) is 8.86. The standard InChI is InChI=1S/C16H20ClNS/c1-3-7-18-16(14-6-8-19-11-14)10-13-5-4-12(2)9-15(13)17/h4-6,8-9,11,16,18H,3,7,10H2,1-2H3. The average Bonchev–Trinajstić information content (AvgIpc) is 2.90. The van der Waals surface area contributed by atoms with Gasteiger partial charge in [-0.3, -0.25) is 0 Å². The van der Waals surface area contributed by atoms with Crippen LogP contribution in [0, 0.1) is 6.92 Å². The van der Waals surface area contributed by atoms with Crippen LogP contribution in [-0.2, 0) is 6.42 Å². The topological polar surface area (TPSA) is 12.0 Å². The summed E-state index contributed by atoms with van der Waals surface area (Å²) in [7, 11) is 0. The fourth-order valence-corrected chi connectivity index (χ4v) is 3.16. The Hall–Kier alpha value is -0.830. The van der Waals surface area contributed by atoms with Crippen molar-refractivity contribution in [3.8, 4) is 0 Å². The average molecular weight is 294 g/mol. The summed E-state index contributed by atoms with van der Waals surface area (Å²) in [6.45, 7) is 5.29. The van der Waals surface area contributed by atoms with Crippen molar-refractivity contribution >= 4 is 22.9 Å². The van der Waals surface area contributed by atoms with Gasteiger partial charge in [0.25, 0.3) is 0 Å². The molecule has 1 heterocycles. The molecule has 0 aliphatic carbocycles. The van der Waals surface area contributed by atoms with E-state index in [9.17, 15) is 0 Å². The molecule has 1 unspecified atom stereocenters. The third kappa shape index (κ3) is 4.07. The number of benzene rings is 1. The van der Waals surface area contributed by atoms with Gasteiger partial charge in [-0.2, -0.15) is 11.3 Å². The van der Waals surface area contributed by atoms with Gasteiger partial charge >= 0.3 is 0 Å². The van der Waals surface area contributed by atoms with Crippen molar-refractivity contribution in [3.63, 3.8) is 0 Å². The quantitative estimate of drug-likeness (QED) is 0.791. The first-order valence-electron chi connectivity index (χ1n) is 6.71. The molecule has 0 radical (unpaired) electrons. The lowest BCUT2D eigenvalue weighted by Crippen LogP contribution is -2.23. The van der Waals surface area contributed by atoms with Gasteiger partial charge in [-0.25, -0.2) is 0 Å². The van der Waals surface area contributed by atoms with Gasteiger partial charge < -0.3 is 5.32 Å². The Labute approximate surface area is 124 Å². The first-order valence-corrected chi connectivity index (χ1v) is 8.03. The Kier molecular flexibility index (Phi) is 5.44. The van der Waals surface area contributed by atoms with Crippen LogP contribution in [0.25, 0.3) is 0 Å². The van der Waals surface area contributed by atoms with Crippen LogP contribution in [0.5, 0.6) is 0 Å². The number of thiophene rings is 1. The minimum Gasteiger partial charge on any atom is -0.310 e. The largest absolute Gasteiger partial charge is 0.310 e. The van der Waals surface area contributed by atoms with Gasteiger partial charge in [0.2, 0.25) is 0 Å². The Morgan fingerprint density at radius 2 is 2.16 bits per heavy atom. The van der Waals surface area contributed by atoms with E-state index < -0.39 is 0 Å². The highest BCUT2D eigenvalue weighted by Gasteiger charge is 2.13. The van der Waals surface area contributed by atoms with E-state index in [-0.39, 0.29) is 0 Å². The second-order valence-electron chi connectivity index (χ2n) is 4.86. The monoisotopic (exact) mass is 293 g/mol. The van der Waals surface area contributed by atoms with Crippen LogP contribution in [0.15, 0.2) is 35.0 Å². The first-order chi connectivity index (χ1) is 9.20. The maximum absolute atomic E-state index is 6.34. The summed E-state index contributed by atoms with van der Waals surface area (Å²) in [6.07, 6.45) is 2.08. The van der Waals surface area contributed by atoms with Crippen LogP contribution in [0.4, 0.5) is 0 Å². The van der Waals surface area contributed by atoms with E-state index in [2.05, 4.69) is 48.1 Å². The Balaban J connectivity index is 2.15. The van der Waals surface area contributed by atoms with Crippen molar-refractivity contribution in [2.45, 2.75) is 32.7 Å². The van der Waals surface area contributed by atoms with Gasteiger partial charge in [0.15, 0.2) is 0 Å². The number of hydrogen-bond donors (Lipinski definition) is 1. The van der Waals surface area contributed by atoms with Crippen LogP contribution in [0.2, 0.25) is 5.02 Å². The molecule has 1 aromatic heterocycles. The zero-order chi connectivity index (χ0) is 13.7. The molecule has 2 rings (SSSR count). The van der Waals surface area contributed by atoms with E-state index in [0.717, 1.165) is 24.4 Å². The second-order valence-corrected chi connectivity index (χ2v) is 6.05. The van der Waals surface area contributed by atoms with E-state index in [1.165, 1.54) is 16.7 Å². The molecule has 1 N–H and O–H groups in total. The van der Waals surface area contributed by atoms with Crippen molar-refractivity contribution in [2.24, 2.45) is 0 Å². The zero-order valence-corrected chi connectivity index (χ0v) is 13.0. The summed E-state index contributed by atoms with van der Waals surface area (Å²) < 4.78 is 0. The third-order valence-electron chi connectivity index (χ3n) is 3.22. The Bertz CT molecular complexity index is 507. The zero-order valence-electron chi connectivity index (χ0n) is 11.4. The normalized spacial score (nSPS) is 12.6. The maximum Gasteiger partial charge on any atom is 0.0441 e. The second kappa shape index (κ2) is 7.09. The highest BCUT2D eigenvalue weighted by molar-refractivity contribution is 7.07. The summed E-state index contributed by atoms with van der Waals surface area (Å²) in [4.78, 5) is 0. The Morgan fingerprint density at radius 1 is 1.32 bits per heavy atom. The number of nitrogens with one attached hydrogen (secondary N) is 1. The lowest BCUT2D eigenvalue weighted by atomic mass is 10.00. The maximum atomic E-state index is 6.34. The van der Waals surface area contributed by atoms with Gasteiger partial charge in [0.05, 0.1) is 0 Å². The smallest absolute Gasteiger partial charge is 0.0441 e. The molecule has 0 aliphatic rings. The highest BCUT2D eigenvalue weighted by Crippen LogP contribution is 2.25. The molecular weight excluding hydrogens is 274 g/mol. The van der Waals surface area contributed by atoms with Gasteiger partial charge in [-0.15, -0.1) is 0 Å². The van der Waals surface area contributed by atoms with Crippen molar-refractivity contribution in [1.29, 1.82) is 0 Å². The van der Waals surface area contributed by atoms with Crippen LogP contribution < -0.4 is 5.32 Å². The van der Waals surface area contributed by atoms with Crippen molar-refractivity contribution in [1.82, 2.24) is 5.32 Å². The Morgan fingerprint density at radius 3 is 2.79 bits per heavy atom. The van der Waals surface area contributed by atoms with Gasteiger partial charge in [0.1, 0.15) is 0 Å². The van der Waals surface area contributed by atoms with Crippen LogP contribution in [0.1, 0.15) is 36.1 Å². The van der Waals surface area contributed by atoms with E-state index >= 15 is 0 Å². The fraction of sp³-hybridized carbons (Fsp3) is 0.375. The molecule has 1 nitrogen and oxygen atoms in total. The molecule has 0 amide bonds. The van der Waals surface area contributed by atoms with Gasteiger partial charge in [-0.1, -0.05) is 30.7 Å². The predicted molar refractivity (Wildman–Crippen MR) is 85.2 cm³/mol. The number of aryl methyl sites for hydroxylation is 1. The molecule has 1 aromatic carbocycles. The molecule has 0 bridgehead atoms. The van der Waals surface area contributed by atoms with Gasteiger partial charge in [-0.05, 0) is 65.9 Å². The molecular formula is C16H20ClNS. The summed E-state index contributed by atoms with van der Waals surface area (Å²) in [5, 5.41) is 8.83. The minimum absolute atomic E-state index is 0.353. The molecule has 1 atom stereocenters. The number of halogens is 1. The van der Waals surface area contributed by atoms with Crippen LogP contribution in [-0.4, -0.2) is 6.54 Å². The number of hydrogen-bond acceptors (Lipinski definition) is 2. The van der Waals surface area contributed by atoms with Crippen LogP contribution >= 0.6 is 22.9 Å². The molecule has 0 saturated carbocycles. The summed E-state index contributed by atoms with van der Waals surface area (Å²) in [5.41, 5.74) is 3.78. The van der Waals surface area contributed by atoms with Crippen molar-refractivity contribution < 1.29 is 0 Å². The molecule has 19 heavy (non-hydrogen) atoms. The summed E-state index contributed by atoms with van der Waals surface area (Å²) in [5.74, 6) is 0. The van der Waals surface area contributed by atoms with Gasteiger partial charge in [0, 0.05) is 11.1 Å². The first kappa shape index (κ1) is 14.6. The minimum atomic E-state index is 0.353. The van der Waals surface area contributed by atoms with E-state index in [1.54, 1.807) is 11.3 Å². The molecule has 3 heteroatoms. The number of rotatable bonds is 6. The molecule has 0 aliphatic heterocycles. The molecule has 0 saturated heterocycles. The molecule has 102 valence electrons. The van der Waals surface area contributed by atoms with Crippen LogP contribution in [0.3, 0.4) is 0 Å². The predicted octanol–water partition coefficient (Wildman–Crippen LogP) is 4.99. The molecule has 2 aromatic rings. The highest BCUT2D eigenvalue weighted by atomic mass is 35.5. The summed E-state index contributed by atoms with van der Waals surface area (Å²) >= 11 is 8.09.